The van der Waals surface area contributed by atoms with Crippen LogP contribution in [0.4, 0.5) is 18.9 Å². The molecule has 0 atom stereocenters. The summed E-state index contributed by atoms with van der Waals surface area (Å²) < 4.78 is 66.7. The van der Waals surface area contributed by atoms with Gasteiger partial charge in [-0.3, -0.25) is 4.72 Å². The van der Waals surface area contributed by atoms with E-state index in [4.69, 9.17) is 11.6 Å². The van der Waals surface area contributed by atoms with Gasteiger partial charge in [-0.25, -0.2) is 13.4 Å². The van der Waals surface area contributed by atoms with Crippen LogP contribution in [0.15, 0.2) is 53.4 Å². The van der Waals surface area contributed by atoms with Crippen molar-refractivity contribution in [2.24, 2.45) is 0 Å². The molecule has 3 aromatic rings. The number of hydrogen-bond acceptors (Lipinski definition) is 3. The predicted molar refractivity (Wildman–Crippen MR) is 93.7 cm³/mol. The summed E-state index contributed by atoms with van der Waals surface area (Å²) in [6.45, 7) is 1.79. The van der Waals surface area contributed by atoms with E-state index < -0.39 is 21.9 Å². The number of aryl methyl sites for hydroxylation is 1. The molecule has 0 spiro atoms. The molecule has 1 N–H and O–H groups in total. The third-order valence-electron chi connectivity index (χ3n) is 3.64. The van der Waals surface area contributed by atoms with E-state index in [0.29, 0.717) is 6.07 Å². The molecule has 0 aliphatic carbocycles. The smallest absolute Gasteiger partial charge is 0.279 e. The second-order valence-electron chi connectivity index (χ2n) is 5.63. The van der Waals surface area contributed by atoms with Gasteiger partial charge < -0.3 is 0 Å². The molecule has 0 aliphatic rings. The molecular formula is C17H12ClF3N2O2S. The summed E-state index contributed by atoms with van der Waals surface area (Å²) in [5, 5.41) is 0.398. The van der Waals surface area contributed by atoms with Crippen LogP contribution in [0, 0.1) is 6.92 Å². The monoisotopic (exact) mass is 400 g/mol. The molecule has 3 rings (SSSR count). The first-order valence-corrected chi connectivity index (χ1v) is 9.19. The molecule has 0 amide bonds. The standard InChI is InChI=1S/C17H12ClF3N2O2S/c1-10-2-5-12(6-3-10)26(24,25)23-15-9-16(17(19,20)21)22-14-8-11(18)4-7-13(14)15/h2-9H,1H3,(H,22,23). The van der Waals surface area contributed by atoms with E-state index in [9.17, 15) is 21.6 Å². The van der Waals surface area contributed by atoms with Gasteiger partial charge in [0.15, 0.2) is 0 Å². The topological polar surface area (TPSA) is 59.1 Å². The number of fused-ring (bicyclic) bond motifs is 1. The van der Waals surface area contributed by atoms with E-state index in [1.165, 1.54) is 30.3 Å². The molecule has 1 heterocycles. The van der Waals surface area contributed by atoms with Crippen molar-refractivity contribution in [3.05, 3.63) is 64.8 Å². The molecular weight excluding hydrogens is 389 g/mol. The number of aromatic nitrogens is 1. The van der Waals surface area contributed by atoms with E-state index >= 15 is 0 Å². The third kappa shape index (κ3) is 3.76. The molecule has 0 aliphatic heterocycles. The van der Waals surface area contributed by atoms with Crippen molar-refractivity contribution >= 4 is 38.2 Å². The highest BCUT2D eigenvalue weighted by atomic mass is 35.5. The van der Waals surface area contributed by atoms with Gasteiger partial charge in [-0.1, -0.05) is 29.3 Å². The fourth-order valence-electron chi connectivity index (χ4n) is 2.35. The Morgan fingerprint density at radius 3 is 2.31 bits per heavy atom. The molecule has 9 heteroatoms. The number of alkyl halides is 3. The molecule has 136 valence electrons. The van der Waals surface area contributed by atoms with Crippen LogP contribution < -0.4 is 4.72 Å². The Balaban J connectivity index is 2.15. The van der Waals surface area contributed by atoms with Crippen LogP contribution in [0.25, 0.3) is 10.9 Å². The molecule has 4 nitrogen and oxygen atoms in total. The van der Waals surface area contributed by atoms with E-state index in [2.05, 4.69) is 9.71 Å². The number of sulfonamides is 1. The molecule has 0 radical (unpaired) electrons. The van der Waals surface area contributed by atoms with Gasteiger partial charge in [0.1, 0.15) is 5.69 Å². The Labute approximate surface area is 152 Å². The maximum atomic E-state index is 13.1. The Bertz CT molecular complexity index is 1080. The predicted octanol–water partition coefficient (Wildman–Crippen LogP) is 5.02. The first-order chi connectivity index (χ1) is 12.1. The average Bonchev–Trinajstić information content (AvgIpc) is 2.53. The van der Waals surface area contributed by atoms with Crippen LogP contribution in [-0.2, 0) is 16.2 Å². The molecule has 0 fully saturated rings. The lowest BCUT2D eigenvalue weighted by molar-refractivity contribution is -0.140. The lowest BCUT2D eigenvalue weighted by Gasteiger charge is -2.14. The van der Waals surface area contributed by atoms with E-state index in [0.717, 1.165) is 5.56 Å². The molecule has 0 bridgehead atoms. The maximum absolute atomic E-state index is 13.1. The third-order valence-corrected chi connectivity index (χ3v) is 5.25. The fraction of sp³-hybridized carbons (Fsp3) is 0.118. The van der Waals surface area contributed by atoms with Crippen molar-refractivity contribution in [2.75, 3.05) is 4.72 Å². The number of halogens is 4. The number of benzene rings is 2. The minimum Gasteiger partial charge on any atom is -0.279 e. The Hall–Kier alpha value is -2.32. The summed E-state index contributed by atoms with van der Waals surface area (Å²) in [5.41, 5.74) is -0.644. The number of rotatable bonds is 3. The van der Waals surface area contributed by atoms with Gasteiger partial charge in [-0.2, -0.15) is 13.2 Å². The van der Waals surface area contributed by atoms with Gasteiger partial charge in [0.25, 0.3) is 10.0 Å². The lowest BCUT2D eigenvalue weighted by atomic mass is 10.1. The van der Waals surface area contributed by atoms with Gasteiger partial charge in [0.05, 0.1) is 16.1 Å². The summed E-state index contributed by atoms with van der Waals surface area (Å²) >= 11 is 5.82. The number of hydrogen-bond donors (Lipinski definition) is 1. The van der Waals surface area contributed by atoms with E-state index in [-0.39, 0.29) is 26.5 Å². The number of nitrogens with one attached hydrogen (secondary N) is 1. The summed E-state index contributed by atoms with van der Waals surface area (Å²) in [6.07, 6.45) is -4.74. The second-order valence-corrected chi connectivity index (χ2v) is 7.75. The van der Waals surface area contributed by atoms with Crippen LogP contribution in [0.5, 0.6) is 0 Å². The Morgan fingerprint density at radius 2 is 1.69 bits per heavy atom. The van der Waals surface area contributed by atoms with Crippen molar-refractivity contribution in [3.63, 3.8) is 0 Å². The van der Waals surface area contributed by atoms with Crippen molar-refractivity contribution in [3.8, 4) is 0 Å². The first-order valence-electron chi connectivity index (χ1n) is 7.33. The van der Waals surface area contributed by atoms with E-state index in [1.807, 2.05) is 0 Å². The summed E-state index contributed by atoms with van der Waals surface area (Å²) in [4.78, 5) is 3.48. The lowest BCUT2D eigenvalue weighted by Crippen LogP contribution is -2.15. The fourth-order valence-corrected chi connectivity index (χ4v) is 3.59. The SMILES string of the molecule is Cc1ccc(S(=O)(=O)Nc2cc(C(F)(F)F)nc3cc(Cl)ccc23)cc1. The van der Waals surface area contributed by atoms with E-state index in [1.54, 1.807) is 19.1 Å². The van der Waals surface area contributed by atoms with Gasteiger partial charge in [-0.15, -0.1) is 0 Å². The Morgan fingerprint density at radius 1 is 1.04 bits per heavy atom. The van der Waals surface area contributed by atoms with Crippen LogP contribution >= 0.6 is 11.6 Å². The zero-order chi connectivity index (χ0) is 19.1. The average molecular weight is 401 g/mol. The van der Waals surface area contributed by atoms with Crippen LogP contribution in [0.1, 0.15) is 11.3 Å². The first kappa shape index (κ1) is 18.5. The van der Waals surface area contributed by atoms with Crippen molar-refractivity contribution in [1.29, 1.82) is 0 Å². The summed E-state index contributed by atoms with van der Waals surface area (Å²) in [5.74, 6) is 0. The highest BCUT2D eigenvalue weighted by Gasteiger charge is 2.34. The zero-order valence-electron chi connectivity index (χ0n) is 13.3. The molecule has 0 unspecified atom stereocenters. The van der Waals surface area contributed by atoms with Crippen molar-refractivity contribution in [1.82, 2.24) is 4.98 Å². The summed E-state index contributed by atoms with van der Waals surface area (Å²) in [7, 11) is -4.07. The molecule has 0 saturated carbocycles. The van der Waals surface area contributed by atoms with Gasteiger partial charge in [-0.05, 0) is 43.3 Å². The zero-order valence-corrected chi connectivity index (χ0v) is 14.9. The molecule has 0 saturated heterocycles. The number of anilines is 1. The Kier molecular flexibility index (Phi) is 4.58. The largest absolute Gasteiger partial charge is 0.433 e. The highest BCUT2D eigenvalue weighted by Crippen LogP contribution is 2.34. The highest BCUT2D eigenvalue weighted by molar-refractivity contribution is 7.92. The van der Waals surface area contributed by atoms with Gasteiger partial charge >= 0.3 is 6.18 Å². The second kappa shape index (κ2) is 6.44. The number of pyridine rings is 1. The molecule has 1 aromatic heterocycles. The van der Waals surface area contributed by atoms with Gasteiger partial charge in [0, 0.05) is 10.4 Å². The minimum absolute atomic E-state index is 0.0596. The quantitative estimate of drug-likeness (QED) is 0.671. The van der Waals surface area contributed by atoms with Gasteiger partial charge in [0.2, 0.25) is 0 Å². The normalized spacial score (nSPS) is 12.3. The van der Waals surface area contributed by atoms with Crippen molar-refractivity contribution in [2.45, 2.75) is 18.0 Å². The number of nitrogens with zero attached hydrogens (tertiary/aromatic N) is 1. The van der Waals surface area contributed by atoms with Crippen LogP contribution in [-0.4, -0.2) is 13.4 Å². The summed E-state index contributed by atoms with van der Waals surface area (Å²) in [6, 6.07) is 10.7. The van der Waals surface area contributed by atoms with Crippen LogP contribution in [0.3, 0.4) is 0 Å². The minimum atomic E-state index is -4.74. The van der Waals surface area contributed by atoms with Crippen LogP contribution in [0.2, 0.25) is 5.02 Å². The molecule has 26 heavy (non-hydrogen) atoms. The maximum Gasteiger partial charge on any atom is 0.433 e. The molecule has 2 aromatic carbocycles. The van der Waals surface area contributed by atoms with Crippen molar-refractivity contribution < 1.29 is 21.6 Å².